The Labute approximate surface area is 187 Å². The summed E-state index contributed by atoms with van der Waals surface area (Å²) in [7, 11) is -3.58. The van der Waals surface area contributed by atoms with Crippen molar-refractivity contribution in [2.45, 2.75) is 18.6 Å². The molecule has 32 heavy (non-hydrogen) atoms. The number of carbonyl (C=O) groups excluding carboxylic acids is 1. The second-order valence-corrected chi connectivity index (χ2v) is 10.3. The molecule has 7 nitrogen and oxygen atoms in total. The maximum absolute atomic E-state index is 13.4. The number of amides is 1. The molecule has 0 fully saturated rings. The van der Waals surface area contributed by atoms with Gasteiger partial charge in [0.1, 0.15) is 17.2 Å². The van der Waals surface area contributed by atoms with Gasteiger partial charge in [-0.25, -0.2) is 22.8 Å². The van der Waals surface area contributed by atoms with Crippen LogP contribution >= 0.6 is 11.3 Å². The molecule has 0 aliphatic carbocycles. The van der Waals surface area contributed by atoms with Gasteiger partial charge in [0, 0.05) is 23.1 Å². The van der Waals surface area contributed by atoms with Crippen molar-refractivity contribution in [3.05, 3.63) is 71.0 Å². The molecule has 0 spiro atoms. The highest BCUT2D eigenvalue weighted by Gasteiger charge is 2.35. The van der Waals surface area contributed by atoms with E-state index in [1.54, 1.807) is 0 Å². The standard InChI is InChI=1S/C22H17FN4O3S2/c1-13-2-4-14(5-3-13)17-12-31-21(24-17)26-20(28)19-18(15-6-8-16(23)9-7-15)25-22-27(19)10-11-32(22,29)30/h2-9,12H,10-11H2,1H3,(H,24,26,28). The van der Waals surface area contributed by atoms with Crippen molar-refractivity contribution in [3.8, 4) is 22.5 Å². The minimum atomic E-state index is -3.58. The van der Waals surface area contributed by atoms with Crippen LogP contribution in [0.15, 0.2) is 59.1 Å². The number of imidazole rings is 1. The molecule has 0 saturated carbocycles. The molecule has 0 radical (unpaired) electrons. The van der Waals surface area contributed by atoms with E-state index in [0.29, 0.717) is 10.7 Å². The van der Waals surface area contributed by atoms with Crippen LogP contribution in [-0.4, -0.2) is 34.6 Å². The van der Waals surface area contributed by atoms with E-state index in [9.17, 15) is 17.6 Å². The molecular formula is C22H17FN4O3S2. The molecule has 162 valence electrons. The Morgan fingerprint density at radius 1 is 1.06 bits per heavy atom. The summed E-state index contributed by atoms with van der Waals surface area (Å²) >= 11 is 1.27. The summed E-state index contributed by atoms with van der Waals surface area (Å²) in [6.07, 6.45) is 0. The first-order chi connectivity index (χ1) is 15.3. The van der Waals surface area contributed by atoms with Crippen LogP contribution in [-0.2, 0) is 16.4 Å². The number of halogens is 1. The molecule has 1 aliphatic rings. The first kappa shape index (κ1) is 20.5. The summed E-state index contributed by atoms with van der Waals surface area (Å²) in [6.45, 7) is 2.13. The van der Waals surface area contributed by atoms with Gasteiger partial charge in [0.15, 0.2) is 5.13 Å². The highest BCUT2D eigenvalue weighted by atomic mass is 32.2. The third-order valence-electron chi connectivity index (χ3n) is 5.20. The maximum Gasteiger partial charge on any atom is 0.276 e. The number of thiazole rings is 1. The zero-order valence-corrected chi connectivity index (χ0v) is 18.5. The number of nitrogens with one attached hydrogen (secondary N) is 1. The SMILES string of the molecule is Cc1ccc(-c2csc(NC(=O)c3c(-c4ccc(F)cc4)nc4n3CCS4(=O)=O)n2)cc1. The van der Waals surface area contributed by atoms with Gasteiger partial charge in [-0.3, -0.25) is 10.1 Å². The molecule has 0 bridgehead atoms. The number of aromatic nitrogens is 3. The Balaban J connectivity index is 1.51. The third-order valence-corrected chi connectivity index (χ3v) is 7.54. The van der Waals surface area contributed by atoms with Gasteiger partial charge < -0.3 is 4.57 Å². The number of hydrogen-bond donors (Lipinski definition) is 1. The normalized spacial score (nSPS) is 14.3. The van der Waals surface area contributed by atoms with Crippen molar-refractivity contribution < 1.29 is 17.6 Å². The molecule has 2 aromatic carbocycles. The third kappa shape index (κ3) is 3.61. The lowest BCUT2D eigenvalue weighted by Gasteiger charge is -2.07. The molecule has 1 amide bonds. The van der Waals surface area contributed by atoms with Crippen molar-refractivity contribution in [1.82, 2.24) is 14.5 Å². The Morgan fingerprint density at radius 3 is 2.47 bits per heavy atom. The first-order valence-electron chi connectivity index (χ1n) is 9.75. The number of nitrogens with zero attached hydrogens (tertiary/aromatic N) is 3. The largest absolute Gasteiger partial charge is 0.309 e. The number of benzene rings is 2. The van der Waals surface area contributed by atoms with Crippen LogP contribution < -0.4 is 5.32 Å². The zero-order chi connectivity index (χ0) is 22.5. The molecule has 1 N–H and O–H groups in total. The fraction of sp³-hybridized carbons (Fsp3) is 0.136. The van der Waals surface area contributed by atoms with E-state index >= 15 is 0 Å². The number of rotatable bonds is 4. The first-order valence-corrected chi connectivity index (χ1v) is 12.3. The smallest absolute Gasteiger partial charge is 0.276 e. The second kappa shape index (κ2) is 7.64. The molecular weight excluding hydrogens is 451 g/mol. The predicted octanol–water partition coefficient (Wildman–Crippen LogP) is 4.16. The van der Waals surface area contributed by atoms with E-state index in [4.69, 9.17) is 0 Å². The monoisotopic (exact) mass is 468 g/mol. The Bertz CT molecular complexity index is 1440. The van der Waals surface area contributed by atoms with Crippen LogP contribution in [0, 0.1) is 12.7 Å². The lowest BCUT2D eigenvalue weighted by atomic mass is 10.1. The van der Waals surface area contributed by atoms with Gasteiger partial charge in [0.05, 0.1) is 11.4 Å². The van der Waals surface area contributed by atoms with Crippen LogP contribution in [0.3, 0.4) is 0 Å². The predicted molar refractivity (Wildman–Crippen MR) is 120 cm³/mol. The average Bonchev–Trinajstić information content (AvgIpc) is 3.45. The van der Waals surface area contributed by atoms with Crippen molar-refractivity contribution >= 4 is 32.2 Å². The van der Waals surface area contributed by atoms with Gasteiger partial charge in [-0.1, -0.05) is 29.8 Å². The number of anilines is 1. The minimum Gasteiger partial charge on any atom is -0.309 e. The molecule has 0 atom stereocenters. The highest BCUT2D eigenvalue weighted by molar-refractivity contribution is 7.91. The quantitative estimate of drug-likeness (QED) is 0.485. The van der Waals surface area contributed by atoms with E-state index in [1.165, 1.54) is 40.2 Å². The Morgan fingerprint density at radius 2 is 1.75 bits per heavy atom. The fourth-order valence-corrected chi connectivity index (χ4v) is 5.63. The van der Waals surface area contributed by atoms with E-state index in [1.807, 2.05) is 36.6 Å². The van der Waals surface area contributed by atoms with Gasteiger partial charge in [0.25, 0.3) is 5.91 Å². The van der Waals surface area contributed by atoms with Gasteiger partial charge in [-0.2, -0.15) is 0 Å². The van der Waals surface area contributed by atoms with Crippen LogP contribution in [0.2, 0.25) is 0 Å². The summed E-state index contributed by atoms with van der Waals surface area (Å²) in [4.78, 5) is 22.0. The van der Waals surface area contributed by atoms with Crippen molar-refractivity contribution in [1.29, 1.82) is 0 Å². The number of sulfone groups is 1. The van der Waals surface area contributed by atoms with Gasteiger partial charge in [0.2, 0.25) is 15.0 Å². The number of hydrogen-bond acceptors (Lipinski definition) is 6. The molecule has 3 heterocycles. The molecule has 0 unspecified atom stereocenters. The lowest BCUT2D eigenvalue weighted by Crippen LogP contribution is -2.17. The summed E-state index contributed by atoms with van der Waals surface area (Å²) in [6, 6.07) is 13.3. The lowest BCUT2D eigenvalue weighted by molar-refractivity contribution is 0.101. The minimum absolute atomic E-state index is 0.111. The van der Waals surface area contributed by atoms with Crippen LogP contribution in [0.25, 0.3) is 22.5 Å². The Kier molecular flexibility index (Phi) is 4.90. The van der Waals surface area contributed by atoms with Crippen LogP contribution in [0.4, 0.5) is 9.52 Å². The molecule has 2 aromatic heterocycles. The number of fused-ring (bicyclic) bond motifs is 1. The summed E-state index contributed by atoms with van der Waals surface area (Å²) < 4.78 is 39.6. The van der Waals surface area contributed by atoms with Crippen LogP contribution in [0.5, 0.6) is 0 Å². The number of carbonyl (C=O) groups is 1. The topological polar surface area (TPSA) is 94.0 Å². The summed E-state index contributed by atoms with van der Waals surface area (Å²) in [5.74, 6) is -1.08. The van der Waals surface area contributed by atoms with E-state index < -0.39 is 21.6 Å². The van der Waals surface area contributed by atoms with Crippen molar-refractivity contribution in [3.63, 3.8) is 0 Å². The summed E-state index contributed by atoms with van der Waals surface area (Å²) in [5.41, 5.74) is 3.54. The van der Waals surface area contributed by atoms with E-state index in [0.717, 1.165) is 16.8 Å². The average molecular weight is 469 g/mol. The number of aryl methyl sites for hydroxylation is 1. The molecule has 5 rings (SSSR count). The molecule has 10 heteroatoms. The van der Waals surface area contributed by atoms with Gasteiger partial charge >= 0.3 is 0 Å². The second-order valence-electron chi connectivity index (χ2n) is 7.43. The van der Waals surface area contributed by atoms with E-state index in [-0.39, 0.29) is 28.8 Å². The van der Waals surface area contributed by atoms with Crippen LogP contribution in [0.1, 0.15) is 16.1 Å². The summed E-state index contributed by atoms with van der Waals surface area (Å²) in [5, 5.41) is 4.83. The molecule has 1 aliphatic heterocycles. The fourth-order valence-electron chi connectivity index (χ4n) is 3.56. The van der Waals surface area contributed by atoms with E-state index in [2.05, 4.69) is 15.3 Å². The Hall–Kier alpha value is -3.37. The van der Waals surface area contributed by atoms with Crippen molar-refractivity contribution in [2.75, 3.05) is 11.1 Å². The van der Waals surface area contributed by atoms with Gasteiger partial charge in [-0.05, 0) is 31.2 Å². The molecule has 4 aromatic rings. The van der Waals surface area contributed by atoms with Crippen molar-refractivity contribution in [2.24, 2.45) is 0 Å². The molecule has 0 saturated heterocycles. The highest BCUT2D eigenvalue weighted by Crippen LogP contribution is 2.32. The van der Waals surface area contributed by atoms with Gasteiger partial charge in [-0.15, -0.1) is 11.3 Å². The zero-order valence-electron chi connectivity index (χ0n) is 16.9. The maximum atomic E-state index is 13.4.